The monoisotopic (exact) mass is 230 g/mol. The van der Waals surface area contributed by atoms with Gasteiger partial charge in [-0.3, -0.25) is 4.79 Å². The third kappa shape index (κ3) is 3.05. The summed E-state index contributed by atoms with van der Waals surface area (Å²) in [4.78, 5) is 11.7. The highest BCUT2D eigenvalue weighted by atomic mass is 16.5. The van der Waals surface area contributed by atoms with Gasteiger partial charge in [0.2, 0.25) is 0 Å². The summed E-state index contributed by atoms with van der Waals surface area (Å²) in [5.41, 5.74) is 1.69. The zero-order valence-electron chi connectivity index (χ0n) is 9.48. The maximum atomic E-state index is 11.7. The minimum Gasteiger partial charge on any atom is -0.368 e. The predicted molar refractivity (Wildman–Crippen MR) is 63.4 cm³/mol. The Morgan fingerprint density at radius 2 is 2.24 bits per heavy atom. The van der Waals surface area contributed by atoms with Crippen molar-refractivity contribution in [3.63, 3.8) is 0 Å². The van der Waals surface area contributed by atoms with Crippen molar-refractivity contribution in [3.8, 4) is 6.07 Å². The van der Waals surface area contributed by atoms with Crippen LogP contribution in [-0.2, 0) is 16.0 Å². The summed E-state index contributed by atoms with van der Waals surface area (Å²) in [6.45, 7) is 0.666. The Morgan fingerprint density at radius 3 is 2.82 bits per heavy atom. The lowest BCUT2D eigenvalue weighted by molar-refractivity contribution is -0.124. The molecule has 0 aliphatic carbocycles. The van der Waals surface area contributed by atoms with E-state index in [0.29, 0.717) is 13.0 Å². The summed E-state index contributed by atoms with van der Waals surface area (Å²) < 4.78 is 5.29. The first-order chi connectivity index (χ1) is 8.29. The van der Waals surface area contributed by atoms with Crippen LogP contribution < -0.4 is 5.32 Å². The quantitative estimate of drug-likeness (QED) is 0.862. The molecule has 1 N–H and O–H groups in total. The molecule has 1 saturated heterocycles. The first-order valence-electron chi connectivity index (χ1n) is 5.68. The van der Waals surface area contributed by atoms with Crippen molar-refractivity contribution in [2.45, 2.75) is 25.4 Å². The molecular weight excluding hydrogens is 216 g/mol. The number of nitrogens with zero attached hydrogens (tertiary/aromatic N) is 1. The number of rotatable bonds is 3. The Balaban J connectivity index is 1.94. The number of nitriles is 1. The van der Waals surface area contributed by atoms with E-state index >= 15 is 0 Å². The van der Waals surface area contributed by atoms with Gasteiger partial charge in [0.15, 0.2) is 0 Å². The van der Waals surface area contributed by atoms with Crippen LogP contribution >= 0.6 is 0 Å². The lowest BCUT2D eigenvalue weighted by atomic mass is 10.1. The third-order valence-electron chi connectivity index (χ3n) is 2.73. The first kappa shape index (κ1) is 11.6. The van der Waals surface area contributed by atoms with Crippen molar-refractivity contribution in [1.82, 2.24) is 0 Å². The predicted octanol–water partition coefficient (Wildman–Crippen LogP) is 1.87. The number of anilines is 1. The second-order valence-electron chi connectivity index (χ2n) is 4.02. The highest BCUT2D eigenvalue weighted by Crippen LogP contribution is 2.15. The number of hydrogen-bond acceptors (Lipinski definition) is 3. The SMILES string of the molecule is N#CCc1ccc(NC(=O)C2CCCO2)cc1. The van der Waals surface area contributed by atoms with Crippen LogP contribution in [0.3, 0.4) is 0 Å². The molecule has 0 aromatic heterocycles. The van der Waals surface area contributed by atoms with Gasteiger partial charge in [-0.25, -0.2) is 0 Å². The van der Waals surface area contributed by atoms with Crippen LogP contribution in [0.25, 0.3) is 0 Å². The zero-order chi connectivity index (χ0) is 12.1. The minimum atomic E-state index is -0.311. The topological polar surface area (TPSA) is 62.1 Å². The van der Waals surface area contributed by atoms with Crippen molar-refractivity contribution in [2.24, 2.45) is 0 Å². The van der Waals surface area contributed by atoms with Crippen LogP contribution in [0.5, 0.6) is 0 Å². The van der Waals surface area contributed by atoms with E-state index < -0.39 is 0 Å². The first-order valence-corrected chi connectivity index (χ1v) is 5.68. The molecule has 1 amide bonds. The van der Waals surface area contributed by atoms with E-state index in [1.807, 2.05) is 12.1 Å². The second-order valence-corrected chi connectivity index (χ2v) is 4.02. The van der Waals surface area contributed by atoms with Crippen molar-refractivity contribution in [2.75, 3.05) is 11.9 Å². The Bertz CT molecular complexity index is 428. The fraction of sp³-hybridized carbons (Fsp3) is 0.385. The number of carbonyl (C=O) groups is 1. The minimum absolute atomic E-state index is 0.0875. The largest absolute Gasteiger partial charge is 0.368 e. The molecule has 88 valence electrons. The van der Waals surface area contributed by atoms with Gasteiger partial charge in [-0.05, 0) is 30.5 Å². The molecule has 1 unspecified atom stereocenters. The number of amides is 1. The molecule has 0 bridgehead atoms. The van der Waals surface area contributed by atoms with Gasteiger partial charge in [0, 0.05) is 12.3 Å². The van der Waals surface area contributed by atoms with Gasteiger partial charge >= 0.3 is 0 Å². The van der Waals surface area contributed by atoms with E-state index in [1.165, 1.54) is 0 Å². The maximum absolute atomic E-state index is 11.7. The van der Waals surface area contributed by atoms with Gasteiger partial charge < -0.3 is 10.1 Å². The summed E-state index contributed by atoms with van der Waals surface area (Å²) in [7, 11) is 0. The van der Waals surface area contributed by atoms with Gasteiger partial charge in [0.25, 0.3) is 5.91 Å². The number of ether oxygens (including phenoxy) is 1. The summed E-state index contributed by atoms with van der Waals surface area (Å²) in [5.74, 6) is -0.0875. The molecule has 0 saturated carbocycles. The lowest BCUT2D eigenvalue weighted by Gasteiger charge is -2.10. The fourth-order valence-corrected chi connectivity index (χ4v) is 1.80. The van der Waals surface area contributed by atoms with Crippen molar-refractivity contribution < 1.29 is 9.53 Å². The molecule has 0 radical (unpaired) electrons. The summed E-state index contributed by atoms with van der Waals surface area (Å²) >= 11 is 0. The summed E-state index contributed by atoms with van der Waals surface area (Å²) in [5, 5.41) is 11.3. The number of benzene rings is 1. The van der Waals surface area contributed by atoms with Gasteiger partial charge in [0.1, 0.15) is 6.10 Å². The van der Waals surface area contributed by atoms with Crippen LogP contribution in [0.2, 0.25) is 0 Å². The highest BCUT2D eigenvalue weighted by Gasteiger charge is 2.23. The molecule has 1 atom stereocenters. The molecule has 1 aliphatic heterocycles. The standard InChI is InChI=1S/C13H14N2O2/c14-8-7-10-3-5-11(6-4-10)15-13(16)12-2-1-9-17-12/h3-6,12H,1-2,7,9H2,(H,15,16). The number of carbonyl (C=O) groups excluding carboxylic acids is 1. The molecule has 1 aromatic rings. The normalized spacial score (nSPS) is 18.6. The highest BCUT2D eigenvalue weighted by molar-refractivity contribution is 5.94. The molecule has 4 nitrogen and oxygen atoms in total. The molecular formula is C13H14N2O2. The summed E-state index contributed by atoms with van der Waals surface area (Å²) in [6.07, 6.45) is 1.81. The molecule has 1 fully saturated rings. The molecule has 2 rings (SSSR count). The lowest BCUT2D eigenvalue weighted by Crippen LogP contribution is -2.26. The second kappa shape index (κ2) is 5.46. The average Bonchev–Trinajstić information content (AvgIpc) is 2.86. The van der Waals surface area contributed by atoms with Crippen LogP contribution in [0.1, 0.15) is 18.4 Å². The molecule has 4 heteroatoms. The van der Waals surface area contributed by atoms with Crippen molar-refractivity contribution in [3.05, 3.63) is 29.8 Å². The van der Waals surface area contributed by atoms with Gasteiger partial charge in [-0.2, -0.15) is 5.26 Å². The molecule has 17 heavy (non-hydrogen) atoms. The van der Waals surface area contributed by atoms with E-state index in [-0.39, 0.29) is 12.0 Å². The fourth-order valence-electron chi connectivity index (χ4n) is 1.80. The van der Waals surface area contributed by atoms with E-state index in [0.717, 1.165) is 24.1 Å². The van der Waals surface area contributed by atoms with Gasteiger partial charge in [0.05, 0.1) is 12.5 Å². The van der Waals surface area contributed by atoms with Gasteiger partial charge in [-0.1, -0.05) is 12.1 Å². The Morgan fingerprint density at radius 1 is 1.47 bits per heavy atom. The molecule has 0 spiro atoms. The van der Waals surface area contributed by atoms with Gasteiger partial charge in [-0.15, -0.1) is 0 Å². The van der Waals surface area contributed by atoms with Crippen LogP contribution in [0, 0.1) is 11.3 Å². The van der Waals surface area contributed by atoms with E-state index in [1.54, 1.807) is 12.1 Å². The molecule has 1 aliphatic rings. The summed E-state index contributed by atoms with van der Waals surface area (Å²) in [6, 6.07) is 9.38. The van der Waals surface area contributed by atoms with Crippen LogP contribution in [-0.4, -0.2) is 18.6 Å². The Hall–Kier alpha value is -1.86. The molecule has 1 aromatic carbocycles. The van der Waals surface area contributed by atoms with Crippen LogP contribution in [0.4, 0.5) is 5.69 Å². The maximum Gasteiger partial charge on any atom is 0.253 e. The van der Waals surface area contributed by atoms with Crippen molar-refractivity contribution >= 4 is 11.6 Å². The van der Waals surface area contributed by atoms with Crippen molar-refractivity contribution in [1.29, 1.82) is 5.26 Å². The van der Waals surface area contributed by atoms with Crippen LogP contribution in [0.15, 0.2) is 24.3 Å². The smallest absolute Gasteiger partial charge is 0.253 e. The average molecular weight is 230 g/mol. The third-order valence-corrected chi connectivity index (χ3v) is 2.73. The Labute approximate surface area is 100 Å². The zero-order valence-corrected chi connectivity index (χ0v) is 9.48. The van der Waals surface area contributed by atoms with E-state index in [9.17, 15) is 4.79 Å². The van der Waals surface area contributed by atoms with E-state index in [2.05, 4.69) is 11.4 Å². The molecule has 1 heterocycles. The number of hydrogen-bond donors (Lipinski definition) is 1. The number of nitrogens with one attached hydrogen (secondary N) is 1. The Kier molecular flexibility index (Phi) is 3.73. The van der Waals surface area contributed by atoms with E-state index in [4.69, 9.17) is 10.00 Å².